The molecule has 0 spiro atoms. The van der Waals surface area contributed by atoms with Gasteiger partial charge in [-0.05, 0) is 46.1 Å². The standard InChI is InChI=1S/C14H20FNO2S/c1-14(2,3)18-13(17)16(11-5-4-6-11)8-12-7-10(15)9-19-12/h7,9,11H,4-6,8H2,1-3H3. The van der Waals surface area contributed by atoms with Gasteiger partial charge in [-0.2, -0.15) is 0 Å². The van der Waals surface area contributed by atoms with Crippen LogP contribution in [0.3, 0.4) is 0 Å². The van der Waals surface area contributed by atoms with Crippen LogP contribution < -0.4 is 0 Å². The zero-order chi connectivity index (χ0) is 14.0. The average Bonchev–Trinajstić information content (AvgIpc) is 2.57. The van der Waals surface area contributed by atoms with Gasteiger partial charge in [0.1, 0.15) is 11.4 Å². The fourth-order valence-electron chi connectivity index (χ4n) is 1.97. The summed E-state index contributed by atoms with van der Waals surface area (Å²) in [6.45, 7) is 6.01. The van der Waals surface area contributed by atoms with E-state index in [2.05, 4.69) is 0 Å². The van der Waals surface area contributed by atoms with Crippen LogP contribution in [0.2, 0.25) is 0 Å². The predicted octanol–water partition coefficient (Wildman–Crippen LogP) is 4.18. The molecule has 1 fully saturated rings. The van der Waals surface area contributed by atoms with Gasteiger partial charge in [0.15, 0.2) is 0 Å². The molecule has 0 saturated heterocycles. The van der Waals surface area contributed by atoms with Gasteiger partial charge in [-0.1, -0.05) is 0 Å². The molecule has 0 unspecified atom stereocenters. The fraction of sp³-hybridized carbons (Fsp3) is 0.643. The van der Waals surface area contributed by atoms with Crippen LogP contribution in [0.5, 0.6) is 0 Å². The SMILES string of the molecule is CC(C)(C)OC(=O)N(Cc1cc(F)cs1)C1CCC1. The van der Waals surface area contributed by atoms with Crippen molar-refractivity contribution >= 4 is 17.4 Å². The molecule has 1 amide bonds. The molecular formula is C14H20FNO2S. The summed E-state index contributed by atoms with van der Waals surface area (Å²) in [6, 6.07) is 1.72. The smallest absolute Gasteiger partial charge is 0.410 e. The molecule has 0 aromatic carbocycles. The van der Waals surface area contributed by atoms with Crippen molar-refractivity contribution in [3.8, 4) is 0 Å². The molecule has 0 atom stereocenters. The molecule has 5 heteroatoms. The molecule has 3 nitrogen and oxygen atoms in total. The minimum atomic E-state index is -0.500. The lowest BCUT2D eigenvalue weighted by molar-refractivity contribution is 0.00488. The number of ether oxygens (including phenoxy) is 1. The molecular weight excluding hydrogens is 265 g/mol. The lowest BCUT2D eigenvalue weighted by Gasteiger charge is -2.38. The number of carbonyl (C=O) groups excluding carboxylic acids is 1. The van der Waals surface area contributed by atoms with E-state index in [0.29, 0.717) is 6.54 Å². The second-order valence-electron chi connectivity index (χ2n) is 5.92. The van der Waals surface area contributed by atoms with Crippen LogP contribution in [0.4, 0.5) is 9.18 Å². The van der Waals surface area contributed by atoms with Gasteiger partial charge in [-0.25, -0.2) is 9.18 Å². The second kappa shape index (κ2) is 5.49. The fourth-order valence-corrected chi connectivity index (χ4v) is 2.69. The monoisotopic (exact) mass is 285 g/mol. The Morgan fingerprint density at radius 3 is 2.63 bits per heavy atom. The molecule has 1 aromatic rings. The minimum Gasteiger partial charge on any atom is -0.444 e. The van der Waals surface area contributed by atoms with E-state index in [9.17, 15) is 9.18 Å². The van der Waals surface area contributed by atoms with Crippen molar-refractivity contribution in [1.29, 1.82) is 0 Å². The van der Waals surface area contributed by atoms with Gasteiger partial charge in [0.2, 0.25) is 0 Å². The molecule has 1 saturated carbocycles. The molecule has 0 N–H and O–H groups in total. The van der Waals surface area contributed by atoms with Crippen LogP contribution in [-0.2, 0) is 11.3 Å². The van der Waals surface area contributed by atoms with Crippen LogP contribution in [0.15, 0.2) is 11.4 Å². The Bertz CT molecular complexity index is 449. The number of hydrogen-bond acceptors (Lipinski definition) is 3. The molecule has 106 valence electrons. The van der Waals surface area contributed by atoms with Crippen LogP contribution in [0.1, 0.15) is 44.9 Å². The quantitative estimate of drug-likeness (QED) is 0.834. The highest BCUT2D eigenvalue weighted by Gasteiger charge is 2.32. The van der Waals surface area contributed by atoms with Crippen molar-refractivity contribution in [3.63, 3.8) is 0 Å². The highest BCUT2D eigenvalue weighted by atomic mass is 32.1. The third-order valence-corrected chi connectivity index (χ3v) is 3.98. The summed E-state index contributed by atoms with van der Waals surface area (Å²) in [6.07, 6.45) is 2.86. The van der Waals surface area contributed by atoms with Gasteiger partial charge in [0.05, 0.1) is 6.54 Å². The number of halogens is 1. The van der Waals surface area contributed by atoms with Crippen molar-refractivity contribution in [2.24, 2.45) is 0 Å². The Balaban J connectivity index is 2.05. The molecule has 1 aromatic heterocycles. The summed E-state index contributed by atoms with van der Waals surface area (Å²) < 4.78 is 18.5. The van der Waals surface area contributed by atoms with Crippen LogP contribution in [0.25, 0.3) is 0 Å². The molecule has 0 bridgehead atoms. The van der Waals surface area contributed by atoms with E-state index in [1.54, 1.807) is 4.90 Å². The topological polar surface area (TPSA) is 29.5 Å². The van der Waals surface area contributed by atoms with Gasteiger partial charge >= 0.3 is 6.09 Å². The summed E-state index contributed by atoms with van der Waals surface area (Å²) >= 11 is 1.34. The van der Waals surface area contributed by atoms with Crippen molar-refractivity contribution in [3.05, 3.63) is 22.1 Å². The molecule has 19 heavy (non-hydrogen) atoms. The summed E-state index contributed by atoms with van der Waals surface area (Å²) in [5.74, 6) is -0.238. The van der Waals surface area contributed by atoms with Gasteiger partial charge in [0, 0.05) is 16.3 Å². The zero-order valence-corrected chi connectivity index (χ0v) is 12.4. The minimum absolute atomic E-state index is 0.236. The highest BCUT2D eigenvalue weighted by Crippen LogP contribution is 2.29. The number of thiophene rings is 1. The first-order chi connectivity index (χ1) is 8.85. The van der Waals surface area contributed by atoms with E-state index >= 15 is 0 Å². The van der Waals surface area contributed by atoms with Crippen LogP contribution in [-0.4, -0.2) is 22.6 Å². The number of carbonyl (C=O) groups is 1. The molecule has 2 rings (SSSR count). The molecule has 0 radical (unpaired) electrons. The van der Waals surface area contributed by atoms with Gasteiger partial charge in [-0.15, -0.1) is 11.3 Å². The Kier molecular flexibility index (Phi) is 4.13. The van der Waals surface area contributed by atoms with E-state index in [4.69, 9.17) is 4.74 Å². The van der Waals surface area contributed by atoms with Gasteiger partial charge < -0.3 is 9.64 Å². The van der Waals surface area contributed by atoms with Gasteiger partial charge in [-0.3, -0.25) is 0 Å². The molecule has 1 aliphatic rings. The maximum absolute atomic E-state index is 13.0. The first-order valence-corrected chi connectivity index (χ1v) is 7.45. The number of nitrogens with zero attached hydrogens (tertiary/aromatic N) is 1. The molecule has 0 aliphatic heterocycles. The van der Waals surface area contributed by atoms with E-state index < -0.39 is 5.60 Å². The Hall–Kier alpha value is -1.10. The molecule has 1 aliphatic carbocycles. The summed E-state index contributed by atoms with van der Waals surface area (Å²) in [5.41, 5.74) is -0.500. The summed E-state index contributed by atoms with van der Waals surface area (Å²) in [4.78, 5) is 14.8. The van der Waals surface area contributed by atoms with E-state index in [-0.39, 0.29) is 18.0 Å². The normalized spacial score (nSPS) is 16.0. The first kappa shape index (κ1) is 14.3. The van der Waals surface area contributed by atoms with E-state index in [0.717, 1.165) is 24.1 Å². The summed E-state index contributed by atoms with van der Waals surface area (Å²) in [7, 11) is 0. The number of rotatable bonds is 3. The largest absolute Gasteiger partial charge is 0.444 e. The maximum Gasteiger partial charge on any atom is 0.410 e. The van der Waals surface area contributed by atoms with Crippen molar-refractivity contribution in [1.82, 2.24) is 4.90 Å². The van der Waals surface area contributed by atoms with E-state index in [1.165, 1.54) is 22.8 Å². The third-order valence-electron chi connectivity index (χ3n) is 3.09. The Morgan fingerprint density at radius 1 is 1.53 bits per heavy atom. The Morgan fingerprint density at radius 2 is 2.21 bits per heavy atom. The third kappa shape index (κ3) is 3.93. The van der Waals surface area contributed by atoms with Crippen LogP contribution >= 0.6 is 11.3 Å². The van der Waals surface area contributed by atoms with Crippen molar-refractivity contribution in [2.75, 3.05) is 0 Å². The lowest BCUT2D eigenvalue weighted by atomic mass is 9.91. The highest BCUT2D eigenvalue weighted by molar-refractivity contribution is 7.09. The van der Waals surface area contributed by atoms with Gasteiger partial charge in [0.25, 0.3) is 0 Å². The second-order valence-corrected chi connectivity index (χ2v) is 6.92. The maximum atomic E-state index is 13.0. The first-order valence-electron chi connectivity index (χ1n) is 6.58. The zero-order valence-electron chi connectivity index (χ0n) is 11.6. The Labute approximate surface area is 117 Å². The van der Waals surface area contributed by atoms with Crippen LogP contribution in [0, 0.1) is 5.82 Å². The lowest BCUT2D eigenvalue weighted by Crippen LogP contribution is -2.45. The summed E-state index contributed by atoms with van der Waals surface area (Å²) in [5, 5.41) is 1.46. The predicted molar refractivity (Wildman–Crippen MR) is 73.7 cm³/mol. The average molecular weight is 285 g/mol. The van der Waals surface area contributed by atoms with E-state index in [1.807, 2.05) is 20.8 Å². The number of amides is 1. The number of hydrogen-bond donors (Lipinski definition) is 0. The van der Waals surface area contributed by atoms with Crippen molar-refractivity contribution < 1.29 is 13.9 Å². The molecule has 1 heterocycles. The van der Waals surface area contributed by atoms with Crippen molar-refractivity contribution in [2.45, 2.75) is 58.2 Å².